The molecule has 0 aromatic carbocycles. The van der Waals surface area contributed by atoms with Crippen LogP contribution in [0.25, 0.3) is 0 Å². The Balaban J connectivity index is 1.63. The minimum atomic E-state index is 0.180. The molecule has 0 spiro atoms. The average Bonchev–Trinajstić information content (AvgIpc) is 2.63. The molecule has 0 radical (unpaired) electrons. The highest BCUT2D eigenvalue weighted by Gasteiger charge is 2.22. The lowest BCUT2D eigenvalue weighted by atomic mass is 10.0. The second-order valence-corrected chi connectivity index (χ2v) is 4.26. The van der Waals surface area contributed by atoms with Gasteiger partial charge in [-0.1, -0.05) is 6.42 Å². The summed E-state index contributed by atoms with van der Waals surface area (Å²) in [5, 5.41) is 9.76. The number of amides is 1. The molecule has 0 saturated carbocycles. The molecule has 2 rings (SSSR count). The van der Waals surface area contributed by atoms with E-state index in [1.165, 1.54) is 19.3 Å². The zero-order valence-electron chi connectivity index (χ0n) is 8.51. The minimum Gasteiger partial charge on any atom is -0.354 e. The molecule has 2 fully saturated rings. The molecule has 2 heterocycles. The minimum absolute atomic E-state index is 0.180. The highest BCUT2D eigenvalue weighted by Crippen LogP contribution is 2.07. The number of hydrogen-bond acceptors (Lipinski definition) is 3. The van der Waals surface area contributed by atoms with Crippen LogP contribution in [0.2, 0.25) is 0 Å². The van der Waals surface area contributed by atoms with Crippen LogP contribution in [0.4, 0.5) is 0 Å². The van der Waals surface area contributed by atoms with Crippen molar-refractivity contribution in [1.29, 1.82) is 0 Å². The molecule has 80 valence electrons. The standard InChI is InChI=1S/C10H19N3O/c14-10-5-9(7-13-10)12-6-8-3-1-2-4-11-8/h8-9,11-12H,1-7H2,(H,13,14). The quantitative estimate of drug-likeness (QED) is 0.577. The van der Waals surface area contributed by atoms with Crippen LogP contribution in [0.3, 0.4) is 0 Å². The third-order valence-electron chi connectivity index (χ3n) is 3.04. The monoisotopic (exact) mass is 197 g/mol. The molecule has 3 N–H and O–H groups in total. The summed E-state index contributed by atoms with van der Waals surface area (Å²) in [5.74, 6) is 0.180. The molecule has 0 bridgehead atoms. The Morgan fingerprint density at radius 3 is 3.00 bits per heavy atom. The lowest BCUT2D eigenvalue weighted by molar-refractivity contribution is -0.119. The zero-order chi connectivity index (χ0) is 9.80. The van der Waals surface area contributed by atoms with E-state index in [9.17, 15) is 4.79 Å². The molecule has 2 atom stereocenters. The van der Waals surface area contributed by atoms with Gasteiger partial charge in [0, 0.05) is 31.6 Å². The summed E-state index contributed by atoms with van der Waals surface area (Å²) in [7, 11) is 0. The van der Waals surface area contributed by atoms with Gasteiger partial charge in [-0.25, -0.2) is 0 Å². The van der Waals surface area contributed by atoms with Crippen molar-refractivity contribution in [3.8, 4) is 0 Å². The van der Waals surface area contributed by atoms with Crippen LogP contribution in [0.5, 0.6) is 0 Å². The maximum absolute atomic E-state index is 10.9. The van der Waals surface area contributed by atoms with E-state index in [-0.39, 0.29) is 5.91 Å². The summed E-state index contributed by atoms with van der Waals surface area (Å²) in [5.41, 5.74) is 0. The van der Waals surface area contributed by atoms with Crippen molar-refractivity contribution >= 4 is 5.91 Å². The number of rotatable bonds is 3. The Morgan fingerprint density at radius 2 is 2.36 bits per heavy atom. The van der Waals surface area contributed by atoms with E-state index >= 15 is 0 Å². The van der Waals surface area contributed by atoms with Gasteiger partial charge >= 0.3 is 0 Å². The summed E-state index contributed by atoms with van der Waals surface area (Å²) < 4.78 is 0. The first kappa shape index (κ1) is 9.93. The van der Waals surface area contributed by atoms with Crippen molar-refractivity contribution in [2.75, 3.05) is 19.6 Å². The molecule has 1 amide bonds. The van der Waals surface area contributed by atoms with Crippen LogP contribution in [-0.4, -0.2) is 37.6 Å². The van der Waals surface area contributed by atoms with E-state index in [0.29, 0.717) is 18.5 Å². The number of hydrogen-bond donors (Lipinski definition) is 3. The van der Waals surface area contributed by atoms with Gasteiger partial charge in [0.2, 0.25) is 5.91 Å². The van der Waals surface area contributed by atoms with E-state index in [0.717, 1.165) is 19.6 Å². The van der Waals surface area contributed by atoms with Gasteiger partial charge in [-0.15, -0.1) is 0 Å². The summed E-state index contributed by atoms with van der Waals surface area (Å²) in [6.45, 7) is 2.94. The van der Waals surface area contributed by atoms with Crippen LogP contribution in [-0.2, 0) is 4.79 Å². The van der Waals surface area contributed by atoms with Crippen molar-refractivity contribution in [3.05, 3.63) is 0 Å². The molecule has 2 saturated heterocycles. The third kappa shape index (κ3) is 2.69. The van der Waals surface area contributed by atoms with Gasteiger partial charge in [0.1, 0.15) is 0 Å². The van der Waals surface area contributed by atoms with E-state index < -0.39 is 0 Å². The molecule has 2 aliphatic rings. The zero-order valence-corrected chi connectivity index (χ0v) is 8.51. The Kier molecular flexibility index (Phi) is 3.37. The van der Waals surface area contributed by atoms with E-state index in [4.69, 9.17) is 0 Å². The molecule has 0 aromatic heterocycles. The van der Waals surface area contributed by atoms with Crippen LogP contribution < -0.4 is 16.0 Å². The lowest BCUT2D eigenvalue weighted by Crippen LogP contribution is -2.45. The van der Waals surface area contributed by atoms with E-state index in [1.54, 1.807) is 0 Å². The van der Waals surface area contributed by atoms with Gasteiger partial charge in [0.15, 0.2) is 0 Å². The van der Waals surface area contributed by atoms with Gasteiger partial charge in [0.05, 0.1) is 0 Å². The second-order valence-electron chi connectivity index (χ2n) is 4.26. The van der Waals surface area contributed by atoms with Gasteiger partial charge in [-0.05, 0) is 19.4 Å². The van der Waals surface area contributed by atoms with E-state index in [1.807, 2.05) is 0 Å². The highest BCUT2D eigenvalue weighted by atomic mass is 16.1. The SMILES string of the molecule is O=C1CC(NCC2CCCCN2)CN1. The van der Waals surface area contributed by atoms with Crippen molar-refractivity contribution in [2.24, 2.45) is 0 Å². The van der Waals surface area contributed by atoms with Crippen molar-refractivity contribution in [3.63, 3.8) is 0 Å². The molecule has 4 heteroatoms. The largest absolute Gasteiger partial charge is 0.354 e. The summed E-state index contributed by atoms with van der Waals surface area (Å²) in [6.07, 6.45) is 4.55. The first-order valence-electron chi connectivity index (χ1n) is 5.58. The maximum Gasteiger partial charge on any atom is 0.221 e. The van der Waals surface area contributed by atoms with Crippen molar-refractivity contribution in [1.82, 2.24) is 16.0 Å². The normalized spacial score (nSPS) is 33.0. The first-order valence-corrected chi connectivity index (χ1v) is 5.58. The molecule has 0 aromatic rings. The van der Waals surface area contributed by atoms with Crippen LogP contribution in [0, 0.1) is 0 Å². The molecule has 4 nitrogen and oxygen atoms in total. The van der Waals surface area contributed by atoms with Gasteiger partial charge in [0.25, 0.3) is 0 Å². The summed E-state index contributed by atoms with van der Waals surface area (Å²) in [4.78, 5) is 10.9. The maximum atomic E-state index is 10.9. The fraction of sp³-hybridized carbons (Fsp3) is 0.900. The summed E-state index contributed by atoms with van der Waals surface area (Å²) in [6, 6.07) is 0.964. The lowest BCUT2D eigenvalue weighted by Gasteiger charge is -2.24. The van der Waals surface area contributed by atoms with Crippen LogP contribution >= 0.6 is 0 Å². The second kappa shape index (κ2) is 4.75. The predicted octanol–water partition coefficient (Wildman–Crippen LogP) is -0.393. The van der Waals surface area contributed by atoms with Gasteiger partial charge in [-0.2, -0.15) is 0 Å². The Labute approximate surface area is 84.8 Å². The highest BCUT2D eigenvalue weighted by molar-refractivity contribution is 5.78. The third-order valence-corrected chi connectivity index (χ3v) is 3.04. The molecule has 2 aliphatic heterocycles. The summed E-state index contributed by atoms with van der Waals surface area (Å²) >= 11 is 0. The smallest absolute Gasteiger partial charge is 0.221 e. The Bertz CT molecular complexity index is 202. The molecular weight excluding hydrogens is 178 g/mol. The Morgan fingerprint density at radius 1 is 1.43 bits per heavy atom. The molecular formula is C10H19N3O. The fourth-order valence-electron chi connectivity index (χ4n) is 2.16. The van der Waals surface area contributed by atoms with Gasteiger partial charge in [-0.3, -0.25) is 4.79 Å². The van der Waals surface area contributed by atoms with Crippen molar-refractivity contribution in [2.45, 2.75) is 37.8 Å². The number of nitrogens with one attached hydrogen (secondary N) is 3. The Hall–Kier alpha value is -0.610. The molecule has 2 unspecified atom stereocenters. The average molecular weight is 197 g/mol. The van der Waals surface area contributed by atoms with E-state index in [2.05, 4.69) is 16.0 Å². The van der Waals surface area contributed by atoms with Crippen LogP contribution in [0.15, 0.2) is 0 Å². The number of carbonyl (C=O) groups is 1. The van der Waals surface area contributed by atoms with Crippen molar-refractivity contribution < 1.29 is 4.79 Å². The topological polar surface area (TPSA) is 53.2 Å². The molecule has 0 aliphatic carbocycles. The first-order chi connectivity index (χ1) is 6.84. The fourth-order valence-corrected chi connectivity index (χ4v) is 2.16. The van der Waals surface area contributed by atoms with Gasteiger partial charge < -0.3 is 16.0 Å². The number of piperidine rings is 1. The number of carbonyl (C=O) groups excluding carboxylic acids is 1. The molecule has 14 heavy (non-hydrogen) atoms. The predicted molar refractivity (Wildman–Crippen MR) is 55.1 cm³/mol. The van der Waals surface area contributed by atoms with Crippen LogP contribution in [0.1, 0.15) is 25.7 Å².